The second-order valence-corrected chi connectivity index (χ2v) is 5.13. The summed E-state index contributed by atoms with van der Waals surface area (Å²) in [6.07, 6.45) is 1.92. The molecule has 0 fully saturated rings. The lowest BCUT2D eigenvalue weighted by Gasteiger charge is -2.08. The SMILES string of the molecule is Cc1nn(C)c(OCCCc2ccccc2)c1C(N)=S. The molecule has 0 spiro atoms. The summed E-state index contributed by atoms with van der Waals surface area (Å²) in [7, 11) is 1.83. The third-order valence-electron chi connectivity index (χ3n) is 3.11. The number of rotatable bonds is 6. The third-order valence-corrected chi connectivity index (χ3v) is 3.31. The average molecular weight is 289 g/mol. The molecule has 0 saturated carbocycles. The second kappa shape index (κ2) is 6.52. The first kappa shape index (κ1) is 14.5. The van der Waals surface area contributed by atoms with Crippen LogP contribution in [0.3, 0.4) is 0 Å². The molecule has 2 aromatic rings. The van der Waals surface area contributed by atoms with Crippen molar-refractivity contribution in [3.63, 3.8) is 0 Å². The van der Waals surface area contributed by atoms with Gasteiger partial charge in [0, 0.05) is 7.05 Å². The summed E-state index contributed by atoms with van der Waals surface area (Å²) in [6, 6.07) is 10.4. The molecular weight excluding hydrogens is 270 g/mol. The maximum Gasteiger partial charge on any atom is 0.222 e. The molecule has 0 atom stereocenters. The van der Waals surface area contributed by atoms with Gasteiger partial charge in [0.05, 0.1) is 17.9 Å². The fraction of sp³-hybridized carbons (Fsp3) is 0.333. The van der Waals surface area contributed by atoms with Crippen LogP contribution < -0.4 is 10.5 Å². The van der Waals surface area contributed by atoms with E-state index < -0.39 is 0 Å². The summed E-state index contributed by atoms with van der Waals surface area (Å²) in [5.41, 5.74) is 8.58. The van der Waals surface area contributed by atoms with Crippen molar-refractivity contribution in [1.82, 2.24) is 9.78 Å². The first-order valence-electron chi connectivity index (χ1n) is 6.59. The molecular formula is C15H19N3OS. The maximum atomic E-state index is 5.80. The summed E-state index contributed by atoms with van der Waals surface area (Å²) in [4.78, 5) is 0.327. The Hall–Kier alpha value is -1.88. The topological polar surface area (TPSA) is 53.1 Å². The van der Waals surface area contributed by atoms with E-state index in [1.165, 1.54) is 5.56 Å². The number of aromatic nitrogens is 2. The van der Waals surface area contributed by atoms with Crippen LogP contribution in [-0.4, -0.2) is 21.4 Å². The molecule has 0 amide bonds. The number of thiocarbonyl (C=S) groups is 1. The Morgan fingerprint density at radius 1 is 1.35 bits per heavy atom. The molecule has 0 saturated heterocycles. The number of ether oxygens (including phenoxy) is 1. The molecule has 20 heavy (non-hydrogen) atoms. The standard InChI is InChI=1S/C15H19N3OS/c1-11-13(14(16)20)15(18(2)17-11)19-10-6-9-12-7-4-3-5-8-12/h3-5,7-8H,6,9-10H2,1-2H3,(H2,16,20). The molecule has 4 nitrogen and oxygen atoms in total. The smallest absolute Gasteiger partial charge is 0.222 e. The summed E-state index contributed by atoms with van der Waals surface area (Å²) < 4.78 is 7.49. The molecule has 5 heteroatoms. The summed E-state index contributed by atoms with van der Waals surface area (Å²) in [5, 5.41) is 4.29. The van der Waals surface area contributed by atoms with E-state index in [0.717, 1.165) is 24.1 Å². The number of nitrogens with zero attached hydrogens (tertiary/aromatic N) is 2. The van der Waals surface area contributed by atoms with Crippen molar-refractivity contribution in [3.05, 3.63) is 47.2 Å². The van der Waals surface area contributed by atoms with Crippen molar-refractivity contribution in [3.8, 4) is 5.88 Å². The minimum atomic E-state index is 0.327. The Labute approximate surface area is 124 Å². The molecule has 0 radical (unpaired) electrons. The van der Waals surface area contributed by atoms with Crippen LogP contribution in [-0.2, 0) is 13.5 Å². The van der Waals surface area contributed by atoms with E-state index in [1.54, 1.807) is 4.68 Å². The van der Waals surface area contributed by atoms with Crippen molar-refractivity contribution in [2.24, 2.45) is 12.8 Å². The van der Waals surface area contributed by atoms with Crippen LogP contribution in [0.1, 0.15) is 23.2 Å². The van der Waals surface area contributed by atoms with E-state index in [4.69, 9.17) is 22.7 Å². The van der Waals surface area contributed by atoms with Gasteiger partial charge in [0.2, 0.25) is 5.88 Å². The van der Waals surface area contributed by atoms with Gasteiger partial charge in [-0.3, -0.25) is 0 Å². The molecule has 0 bridgehead atoms. The van der Waals surface area contributed by atoms with E-state index in [1.807, 2.05) is 32.2 Å². The molecule has 106 valence electrons. The number of hydrogen-bond donors (Lipinski definition) is 1. The lowest BCUT2D eigenvalue weighted by atomic mass is 10.1. The predicted octanol–water partition coefficient (Wildman–Crippen LogP) is 2.37. The minimum Gasteiger partial charge on any atom is -0.477 e. The molecule has 0 aliphatic rings. The van der Waals surface area contributed by atoms with E-state index in [-0.39, 0.29) is 0 Å². The number of benzene rings is 1. The summed E-state index contributed by atoms with van der Waals surface area (Å²) in [5.74, 6) is 0.656. The van der Waals surface area contributed by atoms with Crippen LogP contribution in [0, 0.1) is 6.92 Å². The lowest BCUT2D eigenvalue weighted by molar-refractivity contribution is 0.284. The van der Waals surface area contributed by atoms with E-state index in [9.17, 15) is 0 Å². The zero-order valence-corrected chi connectivity index (χ0v) is 12.6. The van der Waals surface area contributed by atoms with Crippen LogP contribution >= 0.6 is 12.2 Å². The Morgan fingerprint density at radius 2 is 2.05 bits per heavy atom. The largest absolute Gasteiger partial charge is 0.477 e. The average Bonchev–Trinajstić information content (AvgIpc) is 2.70. The molecule has 2 rings (SSSR count). The Kier molecular flexibility index (Phi) is 4.74. The van der Waals surface area contributed by atoms with Gasteiger partial charge in [-0.15, -0.1) is 0 Å². The van der Waals surface area contributed by atoms with Gasteiger partial charge < -0.3 is 10.5 Å². The van der Waals surface area contributed by atoms with Gasteiger partial charge in [0.25, 0.3) is 0 Å². The lowest BCUT2D eigenvalue weighted by Crippen LogP contribution is -2.13. The molecule has 0 aliphatic carbocycles. The minimum absolute atomic E-state index is 0.327. The zero-order valence-electron chi connectivity index (χ0n) is 11.8. The monoisotopic (exact) mass is 289 g/mol. The van der Waals surface area contributed by atoms with Crippen LogP contribution in [0.2, 0.25) is 0 Å². The van der Waals surface area contributed by atoms with Crippen LogP contribution in [0.15, 0.2) is 30.3 Å². The molecule has 1 heterocycles. The van der Waals surface area contributed by atoms with Crippen LogP contribution in [0.25, 0.3) is 0 Å². The fourth-order valence-electron chi connectivity index (χ4n) is 2.18. The first-order chi connectivity index (χ1) is 9.59. The summed E-state index contributed by atoms with van der Waals surface area (Å²) >= 11 is 5.05. The zero-order chi connectivity index (χ0) is 14.5. The normalized spacial score (nSPS) is 10.5. The fourth-order valence-corrected chi connectivity index (χ4v) is 2.41. The number of aryl methyl sites for hydroxylation is 3. The number of hydrogen-bond acceptors (Lipinski definition) is 3. The van der Waals surface area contributed by atoms with Gasteiger partial charge in [0.1, 0.15) is 4.99 Å². The molecule has 2 N–H and O–H groups in total. The molecule has 1 aromatic heterocycles. The van der Waals surface area contributed by atoms with E-state index in [0.29, 0.717) is 17.5 Å². The van der Waals surface area contributed by atoms with Gasteiger partial charge in [-0.2, -0.15) is 5.10 Å². The highest BCUT2D eigenvalue weighted by Gasteiger charge is 2.16. The highest BCUT2D eigenvalue weighted by Crippen LogP contribution is 2.21. The second-order valence-electron chi connectivity index (χ2n) is 4.69. The van der Waals surface area contributed by atoms with Crippen LogP contribution in [0.5, 0.6) is 5.88 Å². The highest BCUT2D eigenvalue weighted by atomic mass is 32.1. The van der Waals surface area contributed by atoms with E-state index >= 15 is 0 Å². The van der Waals surface area contributed by atoms with Gasteiger partial charge in [-0.25, -0.2) is 4.68 Å². The maximum absolute atomic E-state index is 5.80. The quantitative estimate of drug-likeness (QED) is 0.655. The van der Waals surface area contributed by atoms with Crippen molar-refractivity contribution in [1.29, 1.82) is 0 Å². The summed E-state index contributed by atoms with van der Waals surface area (Å²) in [6.45, 7) is 2.49. The van der Waals surface area contributed by atoms with Crippen molar-refractivity contribution in [2.75, 3.05) is 6.61 Å². The van der Waals surface area contributed by atoms with Gasteiger partial charge in [-0.1, -0.05) is 42.5 Å². The van der Waals surface area contributed by atoms with Gasteiger partial charge in [-0.05, 0) is 25.3 Å². The van der Waals surface area contributed by atoms with Gasteiger partial charge >= 0.3 is 0 Å². The highest BCUT2D eigenvalue weighted by molar-refractivity contribution is 7.80. The molecule has 0 aliphatic heterocycles. The van der Waals surface area contributed by atoms with Crippen molar-refractivity contribution in [2.45, 2.75) is 19.8 Å². The van der Waals surface area contributed by atoms with E-state index in [2.05, 4.69) is 17.2 Å². The van der Waals surface area contributed by atoms with Gasteiger partial charge in [0.15, 0.2) is 0 Å². The van der Waals surface area contributed by atoms with Crippen molar-refractivity contribution < 1.29 is 4.74 Å². The van der Waals surface area contributed by atoms with Crippen molar-refractivity contribution >= 4 is 17.2 Å². The third kappa shape index (κ3) is 3.36. The first-order valence-corrected chi connectivity index (χ1v) is 7.00. The molecule has 0 unspecified atom stereocenters. The molecule has 1 aromatic carbocycles. The number of nitrogens with two attached hydrogens (primary N) is 1. The Morgan fingerprint density at radius 3 is 2.70 bits per heavy atom. The Bertz CT molecular complexity index is 593. The Balaban J connectivity index is 1.93. The predicted molar refractivity (Wildman–Crippen MR) is 84.1 cm³/mol. The van der Waals surface area contributed by atoms with Crippen LogP contribution in [0.4, 0.5) is 0 Å².